The van der Waals surface area contributed by atoms with Crippen molar-refractivity contribution in [2.24, 2.45) is 17.8 Å². The van der Waals surface area contributed by atoms with E-state index in [1.54, 1.807) is 6.92 Å². The number of unbranched alkanes of at least 4 members (excludes halogenated alkanes) is 1. The molecular weight excluding hydrogens is 216 g/mol. The summed E-state index contributed by atoms with van der Waals surface area (Å²) in [5, 5.41) is 0. The highest BCUT2D eigenvalue weighted by Crippen LogP contribution is 2.17. The van der Waals surface area contributed by atoms with Crippen LogP contribution in [0.25, 0.3) is 0 Å². The van der Waals surface area contributed by atoms with E-state index in [9.17, 15) is 9.59 Å². The zero-order chi connectivity index (χ0) is 13.4. The lowest BCUT2D eigenvalue weighted by Gasteiger charge is -2.18. The topological polar surface area (TPSA) is 43.4 Å². The molecule has 3 nitrogen and oxygen atoms in total. The van der Waals surface area contributed by atoms with E-state index < -0.39 is 0 Å². The van der Waals surface area contributed by atoms with Crippen LogP contribution in [0.4, 0.5) is 0 Å². The van der Waals surface area contributed by atoms with Crippen molar-refractivity contribution < 1.29 is 14.3 Å². The third-order valence-electron chi connectivity index (χ3n) is 2.97. The third kappa shape index (κ3) is 6.44. The first-order chi connectivity index (χ1) is 7.90. The molecule has 0 spiro atoms. The van der Waals surface area contributed by atoms with Crippen LogP contribution in [0.1, 0.15) is 53.9 Å². The molecule has 0 N–H and O–H groups in total. The van der Waals surface area contributed by atoms with Crippen molar-refractivity contribution in [3.05, 3.63) is 0 Å². The highest BCUT2D eigenvalue weighted by molar-refractivity contribution is 5.86. The van der Waals surface area contributed by atoms with Gasteiger partial charge in [0.2, 0.25) is 0 Å². The van der Waals surface area contributed by atoms with Crippen LogP contribution >= 0.6 is 0 Å². The van der Waals surface area contributed by atoms with Crippen LogP contribution < -0.4 is 0 Å². The van der Waals surface area contributed by atoms with Crippen LogP contribution in [0.3, 0.4) is 0 Å². The molecule has 17 heavy (non-hydrogen) atoms. The minimum atomic E-state index is -0.335. The Balaban J connectivity index is 4.14. The van der Waals surface area contributed by atoms with Crippen molar-refractivity contribution >= 4 is 11.8 Å². The lowest BCUT2D eigenvalue weighted by molar-refractivity contribution is -0.152. The Hall–Kier alpha value is -0.860. The Labute approximate surface area is 105 Å². The summed E-state index contributed by atoms with van der Waals surface area (Å²) in [6.45, 7) is 10.1. The number of ether oxygens (including phenoxy) is 1. The van der Waals surface area contributed by atoms with Crippen molar-refractivity contribution in [3.8, 4) is 0 Å². The Morgan fingerprint density at radius 1 is 1.06 bits per heavy atom. The Bertz CT molecular complexity index is 246. The average molecular weight is 242 g/mol. The predicted octanol–water partition coefficient (Wildman–Crippen LogP) is 3.22. The molecule has 0 aliphatic heterocycles. The molecule has 0 heterocycles. The summed E-state index contributed by atoms with van der Waals surface area (Å²) in [6.07, 6.45) is 2.47. The van der Waals surface area contributed by atoms with Crippen molar-refractivity contribution in [2.75, 3.05) is 6.61 Å². The van der Waals surface area contributed by atoms with Gasteiger partial charge in [-0.3, -0.25) is 9.59 Å². The number of rotatable bonds is 8. The first-order valence-corrected chi connectivity index (χ1v) is 6.59. The summed E-state index contributed by atoms with van der Waals surface area (Å²) >= 11 is 0. The zero-order valence-electron chi connectivity index (χ0n) is 11.8. The molecule has 0 rings (SSSR count). The molecule has 0 bridgehead atoms. The molecule has 0 aliphatic rings. The molecule has 0 aliphatic carbocycles. The van der Waals surface area contributed by atoms with Crippen molar-refractivity contribution in [2.45, 2.75) is 53.9 Å². The van der Waals surface area contributed by atoms with Crippen LogP contribution in [-0.2, 0) is 14.3 Å². The van der Waals surface area contributed by atoms with Crippen LogP contribution in [0.15, 0.2) is 0 Å². The van der Waals surface area contributed by atoms with E-state index in [4.69, 9.17) is 4.74 Å². The summed E-state index contributed by atoms with van der Waals surface area (Å²) in [4.78, 5) is 23.5. The molecule has 0 fully saturated rings. The molecule has 0 aromatic heterocycles. The fourth-order valence-corrected chi connectivity index (χ4v) is 1.44. The number of hydrogen-bond donors (Lipinski definition) is 0. The van der Waals surface area contributed by atoms with Crippen molar-refractivity contribution in [3.63, 3.8) is 0 Å². The standard InChI is InChI=1S/C14H26O3/c1-6-7-8-13(15)11(4)12(5)14(16)17-9-10(2)3/h10-12H,6-9H2,1-5H3. The minimum absolute atomic E-state index is 0.167. The fourth-order valence-electron chi connectivity index (χ4n) is 1.44. The number of carbonyl (C=O) groups excluding carboxylic acids is 2. The summed E-state index contributed by atoms with van der Waals surface area (Å²) in [5.74, 6) is -0.325. The first kappa shape index (κ1) is 16.1. The number of Topliss-reactive ketones (excluding diaryl/α,β-unsaturated/α-hetero) is 1. The van der Waals surface area contributed by atoms with Gasteiger partial charge >= 0.3 is 5.97 Å². The van der Waals surface area contributed by atoms with E-state index in [-0.39, 0.29) is 23.6 Å². The fraction of sp³-hybridized carbons (Fsp3) is 0.857. The molecule has 0 amide bonds. The van der Waals surface area contributed by atoms with Gasteiger partial charge < -0.3 is 4.74 Å². The molecule has 2 atom stereocenters. The second-order valence-electron chi connectivity index (χ2n) is 5.17. The predicted molar refractivity (Wildman–Crippen MR) is 68.7 cm³/mol. The van der Waals surface area contributed by atoms with E-state index in [1.165, 1.54) is 0 Å². The Morgan fingerprint density at radius 2 is 1.65 bits per heavy atom. The van der Waals surface area contributed by atoms with Gasteiger partial charge in [-0.15, -0.1) is 0 Å². The summed E-state index contributed by atoms with van der Waals surface area (Å²) in [6, 6.07) is 0. The molecule has 2 unspecified atom stereocenters. The van der Waals surface area contributed by atoms with E-state index in [1.807, 2.05) is 20.8 Å². The van der Waals surface area contributed by atoms with Crippen LogP contribution in [0, 0.1) is 17.8 Å². The second kappa shape index (κ2) is 8.26. The SMILES string of the molecule is CCCCC(=O)C(C)C(C)C(=O)OCC(C)C. The van der Waals surface area contributed by atoms with Crippen molar-refractivity contribution in [1.82, 2.24) is 0 Å². The number of ketones is 1. The lowest BCUT2D eigenvalue weighted by atomic mass is 9.89. The van der Waals surface area contributed by atoms with Crippen LogP contribution in [0.2, 0.25) is 0 Å². The largest absolute Gasteiger partial charge is 0.465 e. The van der Waals surface area contributed by atoms with Gasteiger partial charge in [-0.1, -0.05) is 41.0 Å². The summed E-state index contributed by atoms with van der Waals surface area (Å²) < 4.78 is 5.15. The van der Waals surface area contributed by atoms with Crippen molar-refractivity contribution in [1.29, 1.82) is 0 Å². The van der Waals surface area contributed by atoms with E-state index in [2.05, 4.69) is 6.92 Å². The summed E-state index contributed by atoms with van der Waals surface area (Å²) in [7, 11) is 0. The normalized spacial score (nSPS) is 14.5. The second-order valence-corrected chi connectivity index (χ2v) is 5.17. The van der Waals surface area contributed by atoms with Crippen LogP contribution in [-0.4, -0.2) is 18.4 Å². The maximum Gasteiger partial charge on any atom is 0.309 e. The Kier molecular flexibility index (Phi) is 7.85. The number of hydrogen-bond acceptors (Lipinski definition) is 3. The molecule has 0 saturated heterocycles. The molecule has 0 saturated carbocycles. The number of carbonyl (C=O) groups is 2. The molecule has 3 heteroatoms. The Morgan fingerprint density at radius 3 is 2.12 bits per heavy atom. The monoisotopic (exact) mass is 242 g/mol. The molecule has 0 aromatic rings. The smallest absolute Gasteiger partial charge is 0.309 e. The first-order valence-electron chi connectivity index (χ1n) is 6.59. The summed E-state index contributed by atoms with van der Waals surface area (Å²) in [5.41, 5.74) is 0. The van der Waals surface area contributed by atoms with Gasteiger partial charge in [0.25, 0.3) is 0 Å². The van der Waals surface area contributed by atoms with Gasteiger partial charge in [-0.2, -0.15) is 0 Å². The third-order valence-corrected chi connectivity index (χ3v) is 2.97. The zero-order valence-corrected chi connectivity index (χ0v) is 11.8. The minimum Gasteiger partial charge on any atom is -0.465 e. The highest BCUT2D eigenvalue weighted by atomic mass is 16.5. The molecule has 0 radical (unpaired) electrons. The van der Waals surface area contributed by atoms with E-state index >= 15 is 0 Å². The maximum atomic E-state index is 11.8. The van der Waals surface area contributed by atoms with Crippen LogP contribution in [0.5, 0.6) is 0 Å². The molecule has 100 valence electrons. The highest BCUT2D eigenvalue weighted by Gasteiger charge is 2.26. The molecule has 0 aromatic carbocycles. The molecular formula is C14H26O3. The van der Waals surface area contributed by atoms with Gasteiger partial charge in [0.05, 0.1) is 12.5 Å². The van der Waals surface area contributed by atoms with Gasteiger partial charge in [-0.05, 0) is 12.3 Å². The van der Waals surface area contributed by atoms with Gasteiger partial charge in [0, 0.05) is 12.3 Å². The van der Waals surface area contributed by atoms with Gasteiger partial charge in [0.1, 0.15) is 5.78 Å². The number of esters is 1. The quantitative estimate of drug-likeness (QED) is 0.614. The maximum absolute atomic E-state index is 11.8. The average Bonchev–Trinajstić information content (AvgIpc) is 2.30. The lowest BCUT2D eigenvalue weighted by Crippen LogP contribution is -2.28. The van der Waals surface area contributed by atoms with Gasteiger partial charge in [-0.25, -0.2) is 0 Å². The van der Waals surface area contributed by atoms with E-state index in [0.29, 0.717) is 18.9 Å². The van der Waals surface area contributed by atoms with E-state index in [0.717, 1.165) is 12.8 Å². The van der Waals surface area contributed by atoms with Gasteiger partial charge in [0.15, 0.2) is 0 Å².